The predicted octanol–water partition coefficient (Wildman–Crippen LogP) is -0.200. The molecule has 7 N–H and O–H groups in total. The first kappa shape index (κ1) is 26.2. The summed E-state index contributed by atoms with van der Waals surface area (Å²) in [4.78, 5) is 24.9. The summed E-state index contributed by atoms with van der Waals surface area (Å²) in [5.41, 5.74) is 1.23. The summed E-state index contributed by atoms with van der Waals surface area (Å²) >= 11 is 5.89. The molecular weight excluding hydrogens is 713 g/mol. The molecule has 12 heteroatoms. The summed E-state index contributed by atoms with van der Waals surface area (Å²) in [6.07, 6.45) is -2.39. The fourth-order valence-corrected chi connectivity index (χ4v) is 6.64. The molecule has 1 rings (SSSR count). The van der Waals surface area contributed by atoms with Crippen LogP contribution in [0.15, 0.2) is 0 Å². The van der Waals surface area contributed by atoms with E-state index in [1.54, 1.807) is 0 Å². The second kappa shape index (κ2) is 12.8. The number of hydrogen-bond donors (Lipinski definition) is 7. The van der Waals surface area contributed by atoms with Crippen molar-refractivity contribution < 1.29 is 35.1 Å². The molecule has 158 valence electrons. The molecule has 0 aliphatic carbocycles. The second-order valence-electron chi connectivity index (χ2n) is 5.71. The van der Waals surface area contributed by atoms with Gasteiger partial charge in [0.15, 0.2) is 0 Å². The van der Waals surface area contributed by atoms with Gasteiger partial charge in [0.2, 0.25) is 0 Å². The summed E-state index contributed by atoms with van der Waals surface area (Å²) in [5.74, 6) is -1.23. The number of amides is 2. The summed E-state index contributed by atoms with van der Waals surface area (Å²) < 4.78 is 1.64. The van der Waals surface area contributed by atoms with Crippen LogP contribution in [0.25, 0.3) is 0 Å². The number of aliphatic hydroxyl groups excluding tert-OH is 5. The summed E-state index contributed by atoms with van der Waals surface area (Å²) in [6, 6.07) is 0. The zero-order valence-corrected chi connectivity index (χ0v) is 21.1. The van der Waals surface area contributed by atoms with E-state index in [0.717, 1.165) is 0 Å². The number of carbonyl (C=O) groups is 2. The smallest absolute Gasteiger partial charge is 0.253 e. The molecule has 0 aliphatic heterocycles. The number of carbonyl (C=O) groups excluding carboxylic acids is 2. The molecule has 0 radical (unpaired) electrons. The molecule has 28 heavy (non-hydrogen) atoms. The molecule has 0 bridgehead atoms. The van der Waals surface area contributed by atoms with Crippen LogP contribution in [-0.2, 0) is 11.2 Å². The zero-order valence-electron chi connectivity index (χ0n) is 14.6. The van der Waals surface area contributed by atoms with Gasteiger partial charge in [-0.25, -0.2) is 0 Å². The summed E-state index contributed by atoms with van der Waals surface area (Å²) in [7, 11) is 0. The molecule has 1 aromatic carbocycles. The molecule has 0 aromatic heterocycles. The highest BCUT2D eigenvalue weighted by atomic mass is 127. The maximum absolute atomic E-state index is 12.7. The molecule has 0 saturated carbocycles. The minimum atomic E-state index is -1.41. The van der Waals surface area contributed by atoms with Crippen molar-refractivity contribution in [3.63, 3.8) is 0 Å². The maximum Gasteiger partial charge on any atom is 0.253 e. The number of hydrogen-bond acceptors (Lipinski definition) is 7. The van der Waals surface area contributed by atoms with Gasteiger partial charge in [0.25, 0.3) is 11.8 Å². The Kier molecular flexibility index (Phi) is 11.9. The number of benzene rings is 1. The number of aliphatic hydroxyl groups is 5. The third-order valence-corrected chi connectivity index (χ3v) is 7.12. The molecule has 9 nitrogen and oxygen atoms in total. The normalized spacial score (nSPS) is 13.1. The Hall–Kier alpha value is 0.150. The van der Waals surface area contributed by atoms with E-state index in [1.807, 2.05) is 67.8 Å². The van der Waals surface area contributed by atoms with Gasteiger partial charge in [-0.2, -0.15) is 0 Å². The van der Waals surface area contributed by atoms with Crippen LogP contribution in [0.4, 0.5) is 5.69 Å². The first-order chi connectivity index (χ1) is 13.2. The standard InChI is InChI=1S/C16H21I3N2O7/c17-11-8(1-3-22)12(18)14(21-15(27)9(26)2-4-23)13(19)10(11)16(28)20-5-7(25)6-24/h7,9,22-26H,1-6H2,(H,20,28)(H,21,27). The van der Waals surface area contributed by atoms with Crippen molar-refractivity contribution in [3.05, 3.63) is 21.8 Å². The van der Waals surface area contributed by atoms with Crippen LogP contribution in [0.1, 0.15) is 22.3 Å². The van der Waals surface area contributed by atoms with Crippen LogP contribution in [-0.4, -0.2) is 75.9 Å². The Bertz CT molecular complexity index is 718. The quantitative estimate of drug-likeness (QED) is 0.164. The van der Waals surface area contributed by atoms with E-state index >= 15 is 0 Å². The van der Waals surface area contributed by atoms with E-state index in [1.165, 1.54) is 0 Å². The lowest BCUT2D eigenvalue weighted by Crippen LogP contribution is -2.35. The van der Waals surface area contributed by atoms with Crippen LogP contribution < -0.4 is 10.6 Å². The van der Waals surface area contributed by atoms with Crippen LogP contribution >= 0.6 is 67.8 Å². The van der Waals surface area contributed by atoms with Gasteiger partial charge in [0.1, 0.15) is 6.10 Å². The van der Waals surface area contributed by atoms with Gasteiger partial charge >= 0.3 is 0 Å². The Balaban J connectivity index is 3.37. The molecule has 0 aliphatic rings. The maximum atomic E-state index is 12.7. The first-order valence-corrected chi connectivity index (χ1v) is 11.4. The van der Waals surface area contributed by atoms with E-state index in [9.17, 15) is 24.9 Å². The van der Waals surface area contributed by atoms with Crippen LogP contribution in [0.3, 0.4) is 0 Å². The highest BCUT2D eigenvalue weighted by Crippen LogP contribution is 2.36. The van der Waals surface area contributed by atoms with Gasteiger partial charge in [-0.15, -0.1) is 0 Å². The van der Waals surface area contributed by atoms with E-state index in [0.29, 0.717) is 22.0 Å². The lowest BCUT2D eigenvalue weighted by molar-refractivity contribution is -0.124. The molecule has 0 spiro atoms. The average molecular weight is 734 g/mol. The molecule has 0 fully saturated rings. The summed E-state index contributed by atoms with van der Waals surface area (Å²) in [6.45, 7) is -1.18. The molecule has 0 saturated heterocycles. The molecule has 1 aromatic rings. The van der Waals surface area contributed by atoms with Crippen LogP contribution in [0.2, 0.25) is 0 Å². The number of anilines is 1. The van der Waals surface area contributed by atoms with Gasteiger partial charge in [-0.3, -0.25) is 9.59 Å². The summed E-state index contributed by atoms with van der Waals surface area (Å²) in [5, 5.41) is 51.5. The largest absolute Gasteiger partial charge is 0.396 e. The van der Waals surface area contributed by atoms with E-state index in [4.69, 9.17) is 10.2 Å². The molecule has 0 heterocycles. The van der Waals surface area contributed by atoms with E-state index < -0.39 is 30.6 Å². The monoisotopic (exact) mass is 734 g/mol. The van der Waals surface area contributed by atoms with E-state index in [-0.39, 0.29) is 38.2 Å². The molecular formula is C16H21I3N2O7. The Morgan fingerprint density at radius 3 is 2.14 bits per heavy atom. The number of halogens is 3. The number of rotatable bonds is 10. The highest BCUT2D eigenvalue weighted by molar-refractivity contribution is 14.1. The second-order valence-corrected chi connectivity index (χ2v) is 8.94. The van der Waals surface area contributed by atoms with Crippen molar-refractivity contribution in [2.75, 3.05) is 31.7 Å². The Morgan fingerprint density at radius 2 is 1.61 bits per heavy atom. The van der Waals surface area contributed by atoms with Crippen molar-refractivity contribution in [1.29, 1.82) is 0 Å². The highest BCUT2D eigenvalue weighted by Gasteiger charge is 2.26. The lowest BCUT2D eigenvalue weighted by Gasteiger charge is -2.20. The van der Waals surface area contributed by atoms with Gasteiger partial charge in [0, 0.05) is 33.3 Å². The minimum absolute atomic E-state index is 0.126. The number of nitrogens with one attached hydrogen (secondary N) is 2. The first-order valence-electron chi connectivity index (χ1n) is 8.16. The van der Waals surface area contributed by atoms with Crippen molar-refractivity contribution in [1.82, 2.24) is 5.32 Å². The third kappa shape index (κ3) is 6.85. The molecule has 2 unspecified atom stereocenters. The minimum Gasteiger partial charge on any atom is -0.396 e. The Morgan fingerprint density at radius 1 is 0.964 bits per heavy atom. The SMILES string of the molecule is O=C(NCC(O)CO)c1c(I)c(CCO)c(I)c(NC(=O)C(O)CCO)c1I. The average Bonchev–Trinajstić information content (AvgIpc) is 2.66. The lowest BCUT2D eigenvalue weighted by atomic mass is 10.1. The van der Waals surface area contributed by atoms with Crippen molar-refractivity contribution in [3.8, 4) is 0 Å². The van der Waals surface area contributed by atoms with Crippen LogP contribution in [0.5, 0.6) is 0 Å². The fraction of sp³-hybridized carbons (Fsp3) is 0.500. The fourth-order valence-electron chi connectivity index (χ4n) is 2.18. The van der Waals surface area contributed by atoms with Gasteiger partial charge < -0.3 is 36.2 Å². The van der Waals surface area contributed by atoms with Crippen molar-refractivity contribution >= 4 is 85.3 Å². The predicted molar refractivity (Wildman–Crippen MR) is 127 cm³/mol. The topological polar surface area (TPSA) is 159 Å². The molecule has 2 amide bonds. The van der Waals surface area contributed by atoms with Crippen LogP contribution in [0, 0.1) is 10.7 Å². The van der Waals surface area contributed by atoms with Gasteiger partial charge in [0.05, 0.1) is 27.5 Å². The van der Waals surface area contributed by atoms with Gasteiger partial charge in [-0.05, 0) is 79.8 Å². The van der Waals surface area contributed by atoms with E-state index in [2.05, 4.69) is 10.6 Å². The van der Waals surface area contributed by atoms with Crippen molar-refractivity contribution in [2.24, 2.45) is 0 Å². The van der Waals surface area contributed by atoms with Crippen molar-refractivity contribution in [2.45, 2.75) is 25.0 Å². The Labute approximate surface area is 202 Å². The van der Waals surface area contributed by atoms with Gasteiger partial charge in [-0.1, -0.05) is 0 Å². The molecule has 2 atom stereocenters. The zero-order chi connectivity index (χ0) is 21.4. The third-order valence-electron chi connectivity index (χ3n) is 3.66.